The molecule has 0 saturated carbocycles. The highest BCUT2D eigenvalue weighted by atomic mass is 19.1. The van der Waals surface area contributed by atoms with E-state index in [1.54, 1.807) is 31.2 Å². The number of aromatic nitrogens is 4. The number of hydrogen-bond acceptors (Lipinski definition) is 5. The van der Waals surface area contributed by atoms with Crippen molar-refractivity contribution >= 4 is 17.5 Å². The van der Waals surface area contributed by atoms with E-state index in [0.717, 1.165) is 5.56 Å². The highest BCUT2D eigenvalue weighted by molar-refractivity contribution is 5.96. The Morgan fingerprint density at radius 1 is 1.00 bits per heavy atom. The van der Waals surface area contributed by atoms with Crippen LogP contribution in [0.5, 0.6) is 0 Å². The summed E-state index contributed by atoms with van der Waals surface area (Å²) in [6.45, 7) is 1.64. The van der Waals surface area contributed by atoms with Crippen LogP contribution in [0.4, 0.5) is 10.1 Å². The fourth-order valence-corrected chi connectivity index (χ4v) is 3.37. The number of nitrogens with one attached hydrogen (secondary N) is 2. The first-order valence-corrected chi connectivity index (χ1v) is 10.3. The average Bonchev–Trinajstić information content (AvgIpc) is 3.26. The molecule has 3 aromatic carbocycles. The van der Waals surface area contributed by atoms with Gasteiger partial charge >= 0.3 is 0 Å². The van der Waals surface area contributed by atoms with Gasteiger partial charge in [0.15, 0.2) is 5.82 Å². The Morgan fingerprint density at radius 3 is 2.36 bits per heavy atom. The smallest absolute Gasteiger partial charge is 0.251 e. The van der Waals surface area contributed by atoms with Crippen LogP contribution in [0.15, 0.2) is 78.9 Å². The van der Waals surface area contributed by atoms with Gasteiger partial charge in [-0.2, -0.15) is 4.68 Å². The van der Waals surface area contributed by atoms with Crippen LogP contribution in [0.2, 0.25) is 0 Å². The van der Waals surface area contributed by atoms with Crippen molar-refractivity contribution in [1.29, 1.82) is 0 Å². The second kappa shape index (κ2) is 9.82. The Hall–Kier alpha value is -4.40. The normalized spacial score (nSPS) is 11.6. The van der Waals surface area contributed by atoms with Gasteiger partial charge in [0.2, 0.25) is 5.91 Å². The number of rotatable bonds is 7. The van der Waals surface area contributed by atoms with Crippen molar-refractivity contribution in [3.63, 3.8) is 0 Å². The molecule has 4 aromatic rings. The molecule has 0 fully saturated rings. The Balaban J connectivity index is 1.52. The molecule has 4 rings (SSSR count). The van der Waals surface area contributed by atoms with Gasteiger partial charge in [0.05, 0.1) is 12.5 Å². The SMILES string of the molecule is Cc1nnnn1-c1cc(NC(=O)CC(NC(=O)c2ccccc2)c2ccccc2)ccc1F. The lowest BCUT2D eigenvalue weighted by Crippen LogP contribution is -2.31. The van der Waals surface area contributed by atoms with Gasteiger partial charge in [0, 0.05) is 11.3 Å². The van der Waals surface area contributed by atoms with E-state index in [2.05, 4.69) is 26.2 Å². The molecule has 0 saturated heterocycles. The zero-order valence-electron chi connectivity index (χ0n) is 17.8. The fourth-order valence-electron chi connectivity index (χ4n) is 3.37. The number of amides is 2. The van der Waals surface area contributed by atoms with Gasteiger partial charge in [-0.1, -0.05) is 48.5 Å². The highest BCUT2D eigenvalue weighted by Crippen LogP contribution is 2.22. The first-order chi connectivity index (χ1) is 16.0. The van der Waals surface area contributed by atoms with E-state index < -0.39 is 11.9 Å². The summed E-state index contributed by atoms with van der Waals surface area (Å²) in [5.41, 5.74) is 1.79. The zero-order valence-corrected chi connectivity index (χ0v) is 17.8. The molecule has 2 amide bonds. The number of halogens is 1. The molecule has 0 aliphatic rings. The van der Waals surface area contributed by atoms with Gasteiger partial charge in [-0.05, 0) is 53.2 Å². The van der Waals surface area contributed by atoms with Crippen molar-refractivity contribution in [2.24, 2.45) is 0 Å². The summed E-state index contributed by atoms with van der Waals surface area (Å²) in [6, 6.07) is 21.6. The van der Waals surface area contributed by atoms with Crippen LogP contribution < -0.4 is 10.6 Å². The third-order valence-corrected chi connectivity index (χ3v) is 5.02. The predicted octanol–water partition coefficient (Wildman–Crippen LogP) is 3.61. The third-order valence-electron chi connectivity index (χ3n) is 5.02. The number of tetrazole rings is 1. The molecular weight excluding hydrogens is 423 g/mol. The van der Waals surface area contributed by atoms with Gasteiger partial charge in [0.25, 0.3) is 5.91 Å². The van der Waals surface area contributed by atoms with E-state index in [1.165, 1.54) is 22.9 Å². The molecule has 1 heterocycles. The van der Waals surface area contributed by atoms with Crippen LogP contribution in [0, 0.1) is 12.7 Å². The van der Waals surface area contributed by atoms with Crippen molar-refractivity contribution in [3.8, 4) is 5.69 Å². The van der Waals surface area contributed by atoms with Crippen molar-refractivity contribution < 1.29 is 14.0 Å². The van der Waals surface area contributed by atoms with E-state index in [0.29, 0.717) is 17.1 Å². The van der Waals surface area contributed by atoms with Crippen molar-refractivity contribution in [2.45, 2.75) is 19.4 Å². The number of carbonyl (C=O) groups excluding carboxylic acids is 2. The Kier molecular flexibility index (Phi) is 6.49. The minimum absolute atomic E-state index is 0.0147. The number of nitrogens with zero attached hydrogens (tertiary/aromatic N) is 4. The molecular formula is C24H21FN6O2. The first-order valence-electron chi connectivity index (χ1n) is 10.3. The van der Waals surface area contributed by atoms with Crippen LogP contribution in [0.25, 0.3) is 5.69 Å². The number of carbonyl (C=O) groups is 2. The summed E-state index contributed by atoms with van der Waals surface area (Å²) < 4.78 is 15.6. The molecule has 1 atom stereocenters. The summed E-state index contributed by atoms with van der Waals surface area (Å²) in [5, 5.41) is 16.7. The predicted molar refractivity (Wildman–Crippen MR) is 120 cm³/mol. The molecule has 2 N–H and O–H groups in total. The van der Waals surface area contributed by atoms with E-state index >= 15 is 0 Å². The lowest BCUT2D eigenvalue weighted by atomic mass is 10.0. The summed E-state index contributed by atoms with van der Waals surface area (Å²) in [4.78, 5) is 25.6. The molecule has 0 radical (unpaired) electrons. The van der Waals surface area contributed by atoms with Crippen molar-refractivity contribution in [3.05, 3.63) is 102 Å². The molecule has 33 heavy (non-hydrogen) atoms. The lowest BCUT2D eigenvalue weighted by molar-refractivity contribution is -0.116. The van der Waals surface area contributed by atoms with Crippen LogP contribution in [0.1, 0.15) is 34.2 Å². The second-order valence-electron chi connectivity index (χ2n) is 7.36. The van der Waals surface area contributed by atoms with Gasteiger partial charge in [-0.3, -0.25) is 9.59 Å². The lowest BCUT2D eigenvalue weighted by Gasteiger charge is -2.19. The number of hydrogen-bond donors (Lipinski definition) is 2. The molecule has 0 aliphatic heterocycles. The highest BCUT2D eigenvalue weighted by Gasteiger charge is 2.20. The Labute approximate surface area is 189 Å². The molecule has 0 bridgehead atoms. The molecule has 166 valence electrons. The number of anilines is 1. The number of aryl methyl sites for hydroxylation is 1. The van der Waals surface area contributed by atoms with Crippen molar-refractivity contribution in [2.75, 3.05) is 5.32 Å². The Morgan fingerprint density at radius 2 is 1.70 bits per heavy atom. The fraction of sp³-hybridized carbons (Fsp3) is 0.125. The van der Waals surface area contributed by atoms with E-state index in [4.69, 9.17) is 0 Å². The van der Waals surface area contributed by atoms with Gasteiger partial charge < -0.3 is 10.6 Å². The maximum atomic E-state index is 14.3. The minimum atomic E-state index is -0.555. The molecule has 0 spiro atoms. The maximum Gasteiger partial charge on any atom is 0.251 e. The molecule has 0 aliphatic carbocycles. The molecule has 9 heteroatoms. The summed E-state index contributed by atoms with van der Waals surface area (Å²) in [5.74, 6) is -0.746. The van der Waals surface area contributed by atoms with Crippen LogP contribution >= 0.6 is 0 Å². The van der Waals surface area contributed by atoms with Gasteiger partial charge in [0.1, 0.15) is 11.5 Å². The quantitative estimate of drug-likeness (QED) is 0.453. The molecule has 8 nitrogen and oxygen atoms in total. The second-order valence-corrected chi connectivity index (χ2v) is 7.36. The van der Waals surface area contributed by atoms with E-state index in [9.17, 15) is 14.0 Å². The van der Waals surface area contributed by atoms with Crippen LogP contribution in [-0.2, 0) is 4.79 Å². The average molecular weight is 444 g/mol. The first kappa shape index (κ1) is 21.8. The number of benzene rings is 3. The third kappa shape index (κ3) is 5.27. The monoisotopic (exact) mass is 444 g/mol. The standard InChI is InChI=1S/C24H21FN6O2/c1-16-28-29-30-31(16)22-14-19(12-13-20(22)25)26-23(32)15-21(17-8-4-2-5-9-17)27-24(33)18-10-6-3-7-11-18/h2-14,21H,15H2,1H3,(H,26,32)(H,27,33). The molecule has 1 unspecified atom stereocenters. The van der Waals surface area contributed by atoms with E-state index in [-0.39, 0.29) is 23.9 Å². The summed E-state index contributed by atoms with van der Waals surface area (Å²) in [7, 11) is 0. The zero-order chi connectivity index (χ0) is 23.2. The Bertz CT molecular complexity index is 1260. The van der Waals surface area contributed by atoms with E-state index in [1.807, 2.05) is 36.4 Å². The minimum Gasteiger partial charge on any atom is -0.345 e. The van der Waals surface area contributed by atoms with Crippen molar-refractivity contribution in [1.82, 2.24) is 25.5 Å². The summed E-state index contributed by atoms with van der Waals surface area (Å²) in [6.07, 6.45) is -0.0147. The van der Waals surface area contributed by atoms with Crippen LogP contribution in [-0.4, -0.2) is 32.0 Å². The van der Waals surface area contributed by atoms with Crippen LogP contribution in [0.3, 0.4) is 0 Å². The molecule has 1 aromatic heterocycles. The van der Waals surface area contributed by atoms with Gasteiger partial charge in [-0.25, -0.2) is 4.39 Å². The van der Waals surface area contributed by atoms with Gasteiger partial charge in [-0.15, -0.1) is 5.10 Å². The largest absolute Gasteiger partial charge is 0.345 e. The topological polar surface area (TPSA) is 102 Å². The maximum absolute atomic E-state index is 14.3. The summed E-state index contributed by atoms with van der Waals surface area (Å²) >= 11 is 0.